The molecule has 0 radical (unpaired) electrons. The summed E-state index contributed by atoms with van der Waals surface area (Å²) in [5.41, 5.74) is 3.46. The van der Waals surface area contributed by atoms with Crippen molar-refractivity contribution in [2.45, 2.75) is 32.7 Å². The minimum absolute atomic E-state index is 0.0814. The molecule has 0 saturated heterocycles. The van der Waals surface area contributed by atoms with Crippen LogP contribution in [0.15, 0.2) is 52.9 Å². The van der Waals surface area contributed by atoms with Crippen LogP contribution in [-0.2, 0) is 12.0 Å². The fourth-order valence-corrected chi connectivity index (χ4v) is 2.68. The number of hydrogen-bond acceptors (Lipinski definition) is 5. The highest BCUT2D eigenvalue weighted by atomic mass is 16.5. The van der Waals surface area contributed by atoms with Crippen molar-refractivity contribution in [3.63, 3.8) is 0 Å². The number of hydrogen-bond donors (Lipinski definition) is 1. The molecular formula is C22H23N3O2. The number of nitrogens with zero attached hydrogens (tertiary/aromatic N) is 2. The van der Waals surface area contributed by atoms with E-state index in [1.807, 2.05) is 36.4 Å². The first-order chi connectivity index (χ1) is 12.9. The molecule has 0 bridgehead atoms. The lowest BCUT2D eigenvalue weighted by atomic mass is 9.87. The van der Waals surface area contributed by atoms with Crippen molar-refractivity contribution in [3.05, 3.63) is 65.4 Å². The van der Waals surface area contributed by atoms with Crippen molar-refractivity contribution in [3.8, 4) is 23.3 Å². The quantitative estimate of drug-likeness (QED) is 0.682. The summed E-state index contributed by atoms with van der Waals surface area (Å²) in [6.07, 6.45) is 0. The summed E-state index contributed by atoms with van der Waals surface area (Å²) in [6, 6.07) is 17.9. The average molecular weight is 361 g/mol. The lowest BCUT2D eigenvalue weighted by Gasteiger charge is -2.18. The number of rotatable bonds is 5. The Morgan fingerprint density at radius 3 is 2.30 bits per heavy atom. The number of oxazole rings is 1. The molecule has 138 valence electrons. The van der Waals surface area contributed by atoms with Gasteiger partial charge in [-0.05, 0) is 40.8 Å². The first-order valence-corrected chi connectivity index (χ1v) is 8.79. The van der Waals surface area contributed by atoms with Crippen molar-refractivity contribution in [2.24, 2.45) is 0 Å². The van der Waals surface area contributed by atoms with E-state index in [0.29, 0.717) is 18.3 Å². The summed E-state index contributed by atoms with van der Waals surface area (Å²) in [7, 11) is 1.64. The van der Waals surface area contributed by atoms with Crippen LogP contribution >= 0.6 is 0 Å². The Bertz CT molecular complexity index is 943. The van der Waals surface area contributed by atoms with Gasteiger partial charge in [0.2, 0.25) is 17.5 Å². The number of nitriles is 1. The SMILES string of the molecule is COc1ccc(CNc2oc(-c3ccc(C(C)(C)C)cc3)nc2C#N)cc1. The molecule has 1 heterocycles. The number of methoxy groups -OCH3 is 1. The molecule has 5 heteroatoms. The number of aromatic nitrogens is 1. The lowest BCUT2D eigenvalue weighted by Crippen LogP contribution is -2.10. The van der Waals surface area contributed by atoms with Crippen LogP contribution < -0.4 is 10.1 Å². The van der Waals surface area contributed by atoms with Gasteiger partial charge in [-0.25, -0.2) is 0 Å². The summed E-state index contributed by atoms with van der Waals surface area (Å²) in [5, 5.41) is 12.5. The number of nitrogens with one attached hydrogen (secondary N) is 1. The van der Waals surface area contributed by atoms with Crippen LogP contribution in [0.4, 0.5) is 5.88 Å². The van der Waals surface area contributed by atoms with Crippen molar-refractivity contribution in [1.29, 1.82) is 5.26 Å². The molecule has 1 N–H and O–H groups in total. The molecule has 0 fully saturated rings. The van der Waals surface area contributed by atoms with Crippen LogP contribution in [0.25, 0.3) is 11.5 Å². The summed E-state index contributed by atoms with van der Waals surface area (Å²) in [5.74, 6) is 1.62. The molecule has 5 nitrogen and oxygen atoms in total. The standard InChI is InChI=1S/C22H23N3O2/c1-22(2,3)17-9-7-16(8-10-17)20-25-19(13-23)21(27-20)24-14-15-5-11-18(26-4)12-6-15/h5-12,24H,14H2,1-4H3. The summed E-state index contributed by atoms with van der Waals surface area (Å²) in [4.78, 5) is 4.32. The second-order valence-electron chi connectivity index (χ2n) is 7.34. The van der Waals surface area contributed by atoms with E-state index in [-0.39, 0.29) is 11.1 Å². The topological polar surface area (TPSA) is 71.1 Å². The second-order valence-corrected chi connectivity index (χ2v) is 7.34. The van der Waals surface area contributed by atoms with Gasteiger partial charge in [-0.3, -0.25) is 0 Å². The fourth-order valence-electron chi connectivity index (χ4n) is 2.68. The molecule has 2 aromatic carbocycles. The molecule has 0 saturated carbocycles. The van der Waals surface area contributed by atoms with Crippen LogP contribution in [0.2, 0.25) is 0 Å². The number of benzene rings is 2. The zero-order valence-corrected chi connectivity index (χ0v) is 16.0. The Balaban J connectivity index is 1.77. The molecule has 0 spiro atoms. The molecule has 0 amide bonds. The first kappa shape index (κ1) is 18.5. The van der Waals surface area contributed by atoms with E-state index in [2.05, 4.69) is 49.3 Å². The Morgan fingerprint density at radius 2 is 1.74 bits per heavy atom. The van der Waals surface area contributed by atoms with Gasteiger partial charge >= 0.3 is 0 Å². The largest absolute Gasteiger partial charge is 0.497 e. The van der Waals surface area contributed by atoms with Gasteiger partial charge in [0, 0.05) is 12.1 Å². The molecular weight excluding hydrogens is 338 g/mol. The molecule has 1 aromatic heterocycles. The normalized spacial score (nSPS) is 11.1. The Labute approximate surface area is 159 Å². The maximum atomic E-state index is 9.37. The van der Waals surface area contributed by atoms with E-state index in [1.54, 1.807) is 7.11 Å². The molecule has 0 atom stereocenters. The zero-order chi connectivity index (χ0) is 19.4. The maximum Gasteiger partial charge on any atom is 0.232 e. The number of anilines is 1. The third-order valence-electron chi connectivity index (χ3n) is 4.34. The van der Waals surface area contributed by atoms with Crippen LogP contribution in [-0.4, -0.2) is 12.1 Å². The fraction of sp³-hybridized carbons (Fsp3) is 0.273. The predicted octanol–water partition coefficient (Wildman–Crippen LogP) is 5.13. The molecule has 3 aromatic rings. The second kappa shape index (κ2) is 7.55. The van der Waals surface area contributed by atoms with Crippen molar-refractivity contribution < 1.29 is 9.15 Å². The highest BCUT2D eigenvalue weighted by Crippen LogP contribution is 2.29. The summed E-state index contributed by atoms with van der Waals surface area (Å²) in [6.45, 7) is 7.03. The van der Waals surface area contributed by atoms with E-state index in [9.17, 15) is 5.26 Å². The van der Waals surface area contributed by atoms with Gasteiger partial charge in [0.05, 0.1) is 7.11 Å². The van der Waals surface area contributed by atoms with Crippen molar-refractivity contribution in [1.82, 2.24) is 4.98 Å². The minimum atomic E-state index is 0.0814. The van der Waals surface area contributed by atoms with E-state index >= 15 is 0 Å². The van der Waals surface area contributed by atoms with Gasteiger partial charge < -0.3 is 14.5 Å². The van der Waals surface area contributed by atoms with Gasteiger partial charge in [-0.2, -0.15) is 10.2 Å². The zero-order valence-electron chi connectivity index (χ0n) is 16.0. The van der Waals surface area contributed by atoms with E-state index in [1.165, 1.54) is 5.56 Å². The van der Waals surface area contributed by atoms with Gasteiger partial charge in [-0.1, -0.05) is 45.0 Å². The van der Waals surface area contributed by atoms with Crippen molar-refractivity contribution in [2.75, 3.05) is 12.4 Å². The third kappa shape index (κ3) is 4.29. The van der Waals surface area contributed by atoms with Gasteiger partial charge in [0.15, 0.2) is 0 Å². The molecule has 0 aliphatic rings. The van der Waals surface area contributed by atoms with Crippen LogP contribution in [0, 0.1) is 11.3 Å². The average Bonchev–Trinajstić information content (AvgIpc) is 3.09. The van der Waals surface area contributed by atoms with Crippen LogP contribution in [0.5, 0.6) is 5.75 Å². The Morgan fingerprint density at radius 1 is 1.07 bits per heavy atom. The maximum absolute atomic E-state index is 9.37. The third-order valence-corrected chi connectivity index (χ3v) is 4.34. The van der Waals surface area contributed by atoms with Crippen LogP contribution in [0.3, 0.4) is 0 Å². The summed E-state index contributed by atoms with van der Waals surface area (Å²) < 4.78 is 11.0. The highest BCUT2D eigenvalue weighted by molar-refractivity contribution is 5.59. The molecule has 0 aliphatic carbocycles. The lowest BCUT2D eigenvalue weighted by molar-refractivity contribution is 0.414. The smallest absolute Gasteiger partial charge is 0.232 e. The van der Waals surface area contributed by atoms with Crippen LogP contribution in [0.1, 0.15) is 37.6 Å². The van der Waals surface area contributed by atoms with E-state index in [0.717, 1.165) is 16.9 Å². The van der Waals surface area contributed by atoms with Gasteiger partial charge in [0.1, 0.15) is 11.8 Å². The predicted molar refractivity (Wildman–Crippen MR) is 106 cm³/mol. The van der Waals surface area contributed by atoms with Gasteiger partial charge in [-0.15, -0.1) is 0 Å². The van der Waals surface area contributed by atoms with Crippen molar-refractivity contribution >= 4 is 5.88 Å². The molecule has 27 heavy (non-hydrogen) atoms. The minimum Gasteiger partial charge on any atom is -0.497 e. The molecule has 0 aliphatic heterocycles. The first-order valence-electron chi connectivity index (χ1n) is 8.79. The summed E-state index contributed by atoms with van der Waals surface area (Å²) >= 11 is 0. The number of ether oxygens (including phenoxy) is 1. The highest BCUT2D eigenvalue weighted by Gasteiger charge is 2.17. The monoisotopic (exact) mass is 361 g/mol. The Kier molecular flexibility index (Phi) is 5.18. The van der Waals surface area contributed by atoms with E-state index < -0.39 is 0 Å². The molecule has 3 rings (SSSR count). The van der Waals surface area contributed by atoms with E-state index in [4.69, 9.17) is 9.15 Å². The molecule has 0 unspecified atom stereocenters. The Hall–Kier alpha value is -3.26. The van der Waals surface area contributed by atoms with Gasteiger partial charge in [0.25, 0.3) is 0 Å².